The lowest BCUT2D eigenvalue weighted by molar-refractivity contribution is 0.406. The molecule has 0 fully saturated rings. The van der Waals surface area contributed by atoms with Crippen molar-refractivity contribution in [2.45, 2.75) is 6.04 Å². The van der Waals surface area contributed by atoms with Crippen LogP contribution in [0.2, 0.25) is 0 Å². The molecular formula is C17H16N2O. The third kappa shape index (κ3) is 2.12. The van der Waals surface area contributed by atoms with Gasteiger partial charge in [-0.05, 0) is 22.4 Å². The number of pyridine rings is 1. The number of hydrogen-bond acceptors (Lipinski definition) is 3. The fraction of sp³-hybridized carbons (Fsp3) is 0.118. The van der Waals surface area contributed by atoms with Crippen LogP contribution < -0.4 is 10.5 Å². The summed E-state index contributed by atoms with van der Waals surface area (Å²) in [5, 5.41) is 2.36. The first-order valence-corrected chi connectivity index (χ1v) is 6.52. The van der Waals surface area contributed by atoms with E-state index in [0.717, 1.165) is 11.1 Å². The zero-order valence-corrected chi connectivity index (χ0v) is 11.3. The number of benzene rings is 2. The molecule has 1 atom stereocenters. The highest BCUT2D eigenvalue weighted by molar-refractivity contribution is 5.86. The summed E-state index contributed by atoms with van der Waals surface area (Å²) in [5.41, 5.74) is 8.48. The van der Waals surface area contributed by atoms with Crippen LogP contribution in [0.4, 0.5) is 0 Å². The second-order valence-corrected chi connectivity index (χ2v) is 4.66. The maximum atomic E-state index is 6.45. The van der Waals surface area contributed by atoms with E-state index in [1.54, 1.807) is 19.5 Å². The zero-order chi connectivity index (χ0) is 13.9. The quantitative estimate of drug-likeness (QED) is 0.789. The van der Waals surface area contributed by atoms with Gasteiger partial charge in [-0.2, -0.15) is 0 Å². The third-order valence-electron chi connectivity index (χ3n) is 3.53. The molecule has 2 N–H and O–H groups in total. The second-order valence-electron chi connectivity index (χ2n) is 4.66. The summed E-state index contributed by atoms with van der Waals surface area (Å²) in [6.07, 6.45) is 3.43. The summed E-state index contributed by atoms with van der Waals surface area (Å²) in [6, 6.07) is 16.1. The number of hydrogen-bond donors (Lipinski definition) is 1. The molecule has 0 aliphatic carbocycles. The Balaban J connectivity index is 2.15. The summed E-state index contributed by atoms with van der Waals surface area (Å²) in [7, 11) is 1.64. The second kappa shape index (κ2) is 5.31. The topological polar surface area (TPSA) is 48.1 Å². The van der Waals surface area contributed by atoms with Gasteiger partial charge in [0.1, 0.15) is 5.75 Å². The van der Waals surface area contributed by atoms with Crippen molar-refractivity contribution < 1.29 is 4.74 Å². The monoisotopic (exact) mass is 264 g/mol. The van der Waals surface area contributed by atoms with E-state index >= 15 is 0 Å². The van der Waals surface area contributed by atoms with E-state index < -0.39 is 0 Å². The number of nitrogens with two attached hydrogens (primary N) is 1. The number of rotatable bonds is 3. The first-order valence-electron chi connectivity index (χ1n) is 6.52. The van der Waals surface area contributed by atoms with Gasteiger partial charge in [0.2, 0.25) is 0 Å². The highest BCUT2D eigenvalue weighted by Crippen LogP contribution is 2.31. The van der Waals surface area contributed by atoms with Crippen molar-refractivity contribution in [2.75, 3.05) is 7.11 Å². The number of aromatic nitrogens is 1. The Labute approximate surface area is 118 Å². The Morgan fingerprint density at radius 2 is 1.80 bits per heavy atom. The van der Waals surface area contributed by atoms with Gasteiger partial charge in [-0.15, -0.1) is 0 Å². The average molecular weight is 264 g/mol. The van der Waals surface area contributed by atoms with E-state index in [1.165, 1.54) is 10.8 Å². The van der Waals surface area contributed by atoms with Gasteiger partial charge < -0.3 is 10.5 Å². The SMILES string of the molecule is COc1cnccc1C(N)c1cccc2ccccc12. The van der Waals surface area contributed by atoms with E-state index in [4.69, 9.17) is 10.5 Å². The van der Waals surface area contributed by atoms with Crippen molar-refractivity contribution in [3.05, 3.63) is 72.1 Å². The minimum atomic E-state index is -0.237. The Morgan fingerprint density at radius 3 is 2.65 bits per heavy atom. The summed E-state index contributed by atoms with van der Waals surface area (Å²) in [4.78, 5) is 4.07. The van der Waals surface area contributed by atoms with Gasteiger partial charge in [0.15, 0.2) is 0 Å². The summed E-state index contributed by atoms with van der Waals surface area (Å²) in [5.74, 6) is 0.716. The van der Waals surface area contributed by atoms with Gasteiger partial charge >= 0.3 is 0 Å². The van der Waals surface area contributed by atoms with Crippen molar-refractivity contribution in [2.24, 2.45) is 5.73 Å². The Hall–Kier alpha value is -2.39. The maximum Gasteiger partial charge on any atom is 0.142 e. The number of fused-ring (bicyclic) bond motifs is 1. The molecule has 0 radical (unpaired) electrons. The third-order valence-corrected chi connectivity index (χ3v) is 3.53. The maximum absolute atomic E-state index is 6.45. The molecule has 3 nitrogen and oxygen atoms in total. The normalized spacial score (nSPS) is 12.3. The minimum absolute atomic E-state index is 0.237. The lowest BCUT2D eigenvalue weighted by Crippen LogP contribution is -2.13. The fourth-order valence-corrected chi connectivity index (χ4v) is 2.51. The zero-order valence-electron chi connectivity index (χ0n) is 11.3. The van der Waals surface area contributed by atoms with Crippen LogP contribution >= 0.6 is 0 Å². The fourth-order valence-electron chi connectivity index (χ4n) is 2.51. The Bertz CT molecular complexity index is 734. The highest BCUT2D eigenvalue weighted by atomic mass is 16.5. The Kier molecular flexibility index (Phi) is 3.35. The molecule has 20 heavy (non-hydrogen) atoms. The molecule has 0 spiro atoms. The van der Waals surface area contributed by atoms with Crippen molar-refractivity contribution in [1.82, 2.24) is 4.98 Å². The first kappa shape index (κ1) is 12.6. The van der Waals surface area contributed by atoms with Crippen LogP contribution in [0.3, 0.4) is 0 Å². The van der Waals surface area contributed by atoms with E-state index in [-0.39, 0.29) is 6.04 Å². The molecule has 0 saturated heterocycles. The van der Waals surface area contributed by atoms with Crippen molar-refractivity contribution in [3.8, 4) is 5.75 Å². The average Bonchev–Trinajstić information content (AvgIpc) is 2.53. The highest BCUT2D eigenvalue weighted by Gasteiger charge is 2.15. The predicted octanol–water partition coefficient (Wildman–Crippen LogP) is 3.29. The van der Waals surface area contributed by atoms with Crippen LogP contribution in [0, 0.1) is 0 Å². The van der Waals surface area contributed by atoms with Crippen LogP contribution in [0.25, 0.3) is 10.8 Å². The van der Waals surface area contributed by atoms with Gasteiger partial charge in [-0.1, -0.05) is 42.5 Å². The predicted molar refractivity (Wildman–Crippen MR) is 80.8 cm³/mol. The van der Waals surface area contributed by atoms with E-state index in [9.17, 15) is 0 Å². The van der Waals surface area contributed by atoms with Crippen molar-refractivity contribution >= 4 is 10.8 Å². The van der Waals surface area contributed by atoms with Crippen LogP contribution in [0.15, 0.2) is 60.9 Å². The first-order chi connectivity index (χ1) is 9.81. The molecule has 3 rings (SSSR count). The molecule has 2 aromatic carbocycles. The number of methoxy groups -OCH3 is 1. The van der Waals surface area contributed by atoms with Crippen molar-refractivity contribution in [3.63, 3.8) is 0 Å². The lowest BCUT2D eigenvalue weighted by atomic mass is 9.94. The molecular weight excluding hydrogens is 248 g/mol. The lowest BCUT2D eigenvalue weighted by Gasteiger charge is -2.17. The summed E-state index contributed by atoms with van der Waals surface area (Å²) in [6.45, 7) is 0. The van der Waals surface area contributed by atoms with Crippen molar-refractivity contribution in [1.29, 1.82) is 0 Å². The molecule has 100 valence electrons. The molecule has 1 aromatic heterocycles. The van der Waals surface area contributed by atoms with Crippen LogP contribution in [0.1, 0.15) is 17.2 Å². The molecule has 3 aromatic rings. The summed E-state index contributed by atoms with van der Waals surface area (Å²) < 4.78 is 5.36. The molecule has 0 aliphatic heterocycles. The molecule has 0 aliphatic rings. The number of nitrogens with zero attached hydrogens (tertiary/aromatic N) is 1. The van der Waals surface area contributed by atoms with E-state index in [2.05, 4.69) is 29.2 Å². The molecule has 0 amide bonds. The smallest absolute Gasteiger partial charge is 0.142 e. The van der Waals surface area contributed by atoms with Crippen LogP contribution in [0.5, 0.6) is 5.75 Å². The molecule has 3 heteroatoms. The van der Waals surface area contributed by atoms with Crippen LogP contribution in [-0.2, 0) is 0 Å². The standard InChI is InChI=1S/C17H16N2O/c1-20-16-11-19-10-9-15(16)17(18)14-8-4-6-12-5-2-3-7-13(12)14/h2-11,17H,18H2,1H3. The Morgan fingerprint density at radius 1 is 1.00 bits per heavy atom. The van der Waals surface area contributed by atoms with Gasteiger partial charge in [0, 0.05) is 11.8 Å². The molecule has 0 saturated carbocycles. The van der Waals surface area contributed by atoms with Gasteiger partial charge in [0.05, 0.1) is 19.3 Å². The largest absolute Gasteiger partial charge is 0.495 e. The summed E-state index contributed by atoms with van der Waals surface area (Å²) >= 11 is 0. The van der Waals surface area contributed by atoms with Gasteiger partial charge in [-0.3, -0.25) is 4.98 Å². The molecule has 1 heterocycles. The van der Waals surface area contributed by atoms with E-state index in [0.29, 0.717) is 5.75 Å². The van der Waals surface area contributed by atoms with E-state index in [1.807, 2.05) is 24.3 Å². The molecule has 1 unspecified atom stereocenters. The van der Waals surface area contributed by atoms with Crippen LogP contribution in [-0.4, -0.2) is 12.1 Å². The van der Waals surface area contributed by atoms with Gasteiger partial charge in [-0.25, -0.2) is 0 Å². The van der Waals surface area contributed by atoms with Gasteiger partial charge in [0.25, 0.3) is 0 Å². The number of ether oxygens (including phenoxy) is 1. The minimum Gasteiger partial charge on any atom is -0.495 e. The molecule has 0 bridgehead atoms.